The number of aromatic nitrogens is 5. The quantitative estimate of drug-likeness (QED) is 0.605. The van der Waals surface area contributed by atoms with Crippen molar-refractivity contribution >= 4 is 11.8 Å². The van der Waals surface area contributed by atoms with Gasteiger partial charge < -0.3 is 15.7 Å². The van der Waals surface area contributed by atoms with Crippen molar-refractivity contribution in [2.24, 2.45) is 0 Å². The van der Waals surface area contributed by atoms with Crippen LogP contribution < -0.4 is 10.6 Å². The van der Waals surface area contributed by atoms with Crippen molar-refractivity contribution < 1.29 is 5.11 Å². The molecule has 1 atom stereocenters. The second kappa shape index (κ2) is 7.55. The first-order valence-electron chi connectivity index (χ1n) is 9.59. The van der Waals surface area contributed by atoms with Gasteiger partial charge in [-0.15, -0.1) is 0 Å². The van der Waals surface area contributed by atoms with Crippen LogP contribution in [0.2, 0.25) is 0 Å². The summed E-state index contributed by atoms with van der Waals surface area (Å²) < 4.78 is 1.95. The molecule has 8 nitrogen and oxygen atoms in total. The lowest BCUT2D eigenvalue weighted by atomic mass is 10.1. The van der Waals surface area contributed by atoms with E-state index in [4.69, 9.17) is 5.10 Å². The molecule has 0 saturated heterocycles. The van der Waals surface area contributed by atoms with Gasteiger partial charge in [-0.25, -0.2) is 15.0 Å². The third-order valence-electron chi connectivity index (χ3n) is 4.68. The molecule has 1 aliphatic heterocycles. The molecular weight excluding hydrogens is 354 g/mol. The van der Waals surface area contributed by atoms with Crippen molar-refractivity contribution in [2.75, 3.05) is 23.7 Å². The summed E-state index contributed by atoms with van der Waals surface area (Å²) in [5, 5.41) is 20.7. The van der Waals surface area contributed by atoms with Crippen molar-refractivity contribution in [1.82, 2.24) is 24.7 Å². The van der Waals surface area contributed by atoms with Crippen LogP contribution in [-0.2, 0) is 6.42 Å². The molecular formula is C20H25N7O. The molecule has 28 heavy (non-hydrogen) atoms. The van der Waals surface area contributed by atoms with E-state index in [2.05, 4.69) is 45.5 Å². The molecule has 146 valence electrons. The summed E-state index contributed by atoms with van der Waals surface area (Å²) in [6, 6.07) is 4.26. The number of anilines is 2. The first-order chi connectivity index (χ1) is 13.5. The van der Waals surface area contributed by atoms with Crippen LogP contribution in [-0.4, -0.2) is 49.0 Å². The Morgan fingerprint density at radius 2 is 2.14 bits per heavy atom. The molecule has 0 spiro atoms. The van der Waals surface area contributed by atoms with E-state index in [1.165, 1.54) is 5.56 Å². The van der Waals surface area contributed by atoms with Crippen molar-refractivity contribution in [3.05, 3.63) is 36.3 Å². The molecule has 0 unspecified atom stereocenters. The maximum absolute atomic E-state index is 9.49. The Hall–Kier alpha value is -3.00. The van der Waals surface area contributed by atoms with Gasteiger partial charge in [0.25, 0.3) is 0 Å². The minimum Gasteiger partial charge on any atom is -0.392 e. The van der Waals surface area contributed by atoms with Gasteiger partial charge in [0, 0.05) is 48.8 Å². The maximum Gasteiger partial charge on any atom is 0.223 e. The third kappa shape index (κ3) is 3.68. The number of nitrogens with one attached hydrogen (secondary N) is 2. The van der Waals surface area contributed by atoms with E-state index in [0.717, 1.165) is 41.3 Å². The van der Waals surface area contributed by atoms with E-state index in [1.54, 1.807) is 13.1 Å². The van der Waals surface area contributed by atoms with Crippen LogP contribution in [0.3, 0.4) is 0 Å². The highest BCUT2D eigenvalue weighted by Crippen LogP contribution is 2.33. The van der Waals surface area contributed by atoms with E-state index in [1.807, 2.05) is 23.1 Å². The smallest absolute Gasteiger partial charge is 0.223 e. The van der Waals surface area contributed by atoms with Crippen molar-refractivity contribution in [2.45, 2.75) is 39.3 Å². The molecule has 3 N–H and O–H groups in total. The molecule has 4 rings (SSSR count). The second-order valence-corrected chi connectivity index (χ2v) is 7.37. The zero-order chi connectivity index (χ0) is 19.7. The SMILES string of the molecule is CC(C)n1cc(-c2ccnc(NC[C@H](C)O)n2)c(-c2cnc3c(c2)CCN3)n1. The van der Waals surface area contributed by atoms with E-state index in [9.17, 15) is 5.11 Å². The molecule has 3 aromatic rings. The Morgan fingerprint density at radius 3 is 2.93 bits per heavy atom. The van der Waals surface area contributed by atoms with Crippen LogP contribution in [0.5, 0.6) is 0 Å². The number of pyridine rings is 1. The molecule has 1 aliphatic rings. The minimum absolute atomic E-state index is 0.228. The third-order valence-corrected chi connectivity index (χ3v) is 4.68. The van der Waals surface area contributed by atoms with Crippen LogP contribution in [0.1, 0.15) is 32.4 Å². The van der Waals surface area contributed by atoms with Gasteiger partial charge >= 0.3 is 0 Å². The standard InChI is InChI=1S/C20H25N7O/c1-12(2)27-11-16(17-5-7-22-20(25-17)24-9-13(3)28)18(26-27)15-8-14-4-6-21-19(14)23-10-15/h5,7-8,10-13,28H,4,6,9H2,1-3H3,(H,21,23)(H,22,24,25)/t13-/m0/s1. The lowest BCUT2D eigenvalue weighted by molar-refractivity contribution is 0.208. The van der Waals surface area contributed by atoms with Crippen LogP contribution >= 0.6 is 0 Å². The summed E-state index contributed by atoms with van der Waals surface area (Å²) in [6.45, 7) is 7.23. The highest BCUT2D eigenvalue weighted by atomic mass is 16.3. The Morgan fingerprint density at radius 1 is 1.29 bits per heavy atom. The molecule has 0 aliphatic carbocycles. The molecule has 0 saturated carbocycles. The van der Waals surface area contributed by atoms with Gasteiger partial charge in [0.15, 0.2) is 0 Å². The lowest BCUT2D eigenvalue weighted by Crippen LogP contribution is -2.16. The van der Waals surface area contributed by atoms with E-state index >= 15 is 0 Å². The summed E-state index contributed by atoms with van der Waals surface area (Å²) in [6.07, 6.45) is 6.09. The fourth-order valence-corrected chi connectivity index (χ4v) is 3.19. The Kier molecular flexibility index (Phi) is 4.95. The number of nitrogens with zero attached hydrogens (tertiary/aromatic N) is 5. The van der Waals surface area contributed by atoms with Gasteiger partial charge in [-0.3, -0.25) is 4.68 Å². The first kappa shape index (κ1) is 18.4. The van der Waals surface area contributed by atoms with Crippen molar-refractivity contribution in [1.29, 1.82) is 0 Å². The van der Waals surface area contributed by atoms with Crippen LogP contribution in [0.25, 0.3) is 22.5 Å². The van der Waals surface area contributed by atoms with Crippen LogP contribution in [0.4, 0.5) is 11.8 Å². The van der Waals surface area contributed by atoms with Gasteiger partial charge in [0.05, 0.1) is 11.8 Å². The number of fused-ring (bicyclic) bond motifs is 1. The number of hydrogen-bond donors (Lipinski definition) is 3. The Balaban J connectivity index is 1.76. The Bertz CT molecular complexity index is 980. The van der Waals surface area contributed by atoms with Gasteiger partial charge in [-0.1, -0.05) is 0 Å². The number of aliphatic hydroxyl groups excluding tert-OH is 1. The first-order valence-corrected chi connectivity index (χ1v) is 9.59. The zero-order valence-electron chi connectivity index (χ0n) is 16.3. The second-order valence-electron chi connectivity index (χ2n) is 7.37. The molecule has 0 bridgehead atoms. The molecule has 3 aromatic heterocycles. The predicted octanol–water partition coefficient (Wildman–Crippen LogP) is 2.74. The van der Waals surface area contributed by atoms with Gasteiger partial charge in [0.1, 0.15) is 11.5 Å². The highest BCUT2D eigenvalue weighted by molar-refractivity contribution is 5.79. The van der Waals surface area contributed by atoms with E-state index in [-0.39, 0.29) is 6.04 Å². The summed E-state index contributed by atoms with van der Waals surface area (Å²) in [4.78, 5) is 13.4. The number of aliphatic hydroxyl groups is 1. The number of hydrogen-bond acceptors (Lipinski definition) is 7. The van der Waals surface area contributed by atoms with E-state index in [0.29, 0.717) is 12.5 Å². The molecule has 0 radical (unpaired) electrons. The van der Waals surface area contributed by atoms with Crippen LogP contribution in [0, 0.1) is 0 Å². The summed E-state index contributed by atoms with van der Waals surface area (Å²) >= 11 is 0. The largest absolute Gasteiger partial charge is 0.392 e. The fraction of sp³-hybridized carbons (Fsp3) is 0.400. The van der Waals surface area contributed by atoms with Crippen molar-refractivity contribution in [3.63, 3.8) is 0 Å². The summed E-state index contributed by atoms with van der Waals surface area (Å²) in [5.41, 5.74) is 4.77. The molecule has 0 amide bonds. The van der Waals surface area contributed by atoms with Crippen molar-refractivity contribution in [3.8, 4) is 22.5 Å². The number of rotatable bonds is 6. The summed E-state index contributed by atoms with van der Waals surface area (Å²) in [7, 11) is 0. The molecule has 0 fully saturated rings. The van der Waals surface area contributed by atoms with Gasteiger partial charge in [0.2, 0.25) is 5.95 Å². The average Bonchev–Trinajstić information content (AvgIpc) is 3.33. The Labute approximate surface area is 164 Å². The molecule has 0 aromatic carbocycles. The minimum atomic E-state index is -0.474. The molecule has 4 heterocycles. The maximum atomic E-state index is 9.49. The molecule has 8 heteroatoms. The van der Waals surface area contributed by atoms with Crippen LogP contribution in [0.15, 0.2) is 30.7 Å². The zero-order valence-corrected chi connectivity index (χ0v) is 16.3. The highest BCUT2D eigenvalue weighted by Gasteiger charge is 2.19. The van der Waals surface area contributed by atoms with E-state index < -0.39 is 6.10 Å². The lowest BCUT2D eigenvalue weighted by Gasteiger charge is -2.08. The fourth-order valence-electron chi connectivity index (χ4n) is 3.19. The van der Waals surface area contributed by atoms with Gasteiger partial charge in [-0.2, -0.15) is 5.10 Å². The monoisotopic (exact) mass is 379 g/mol. The summed E-state index contributed by atoms with van der Waals surface area (Å²) in [5.74, 6) is 1.44. The normalized spacial score (nSPS) is 14.0. The van der Waals surface area contributed by atoms with Gasteiger partial charge in [-0.05, 0) is 44.9 Å². The predicted molar refractivity (Wildman–Crippen MR) is 109 cm³/mol. The topological polar surface area (TPSA) is 101 Å². The average molecular weight is 379 g/mol.